The number of aliphatic hydroxyl groups excluding tert-OH is 1. The van der Waals surface area contributed by atoms with Gasteiger partial charge in [0, 0.05) is 11.6 Å². The third-order valence-electron chi connectivity index (χ3n) is 3.69. The van der Waals surface area contributed by atoms with Crippen molar-refractivity contribution in [3.05, 3.63) is 59.7 Å². The molecule has 2 aromatic rings. The van der Waals surface area contributed by atoms with Gasteiger partial charge in [-0.15, -0.1) is 0 Å². The molecule has 1 heterocycles. The average Bonchev–Trinajstić information content (AvgIpc) is 2.51. The molecule has 0 aliphatic carbocycles. The molecule has 0 aromatic heterocycles. The van der Waals surface area contributed by atoms with Gasteiger partial charge >= 0.3 is 0 Å². The van der Waals surface area contributed by atoms with Crippen LogP contribution in [0.15, 0.2) is 48.5 Å². The first-order valence-electron chi connectivity index (χ1n) is 6.42. The van der Waals surface area contributed by atoms with E-state index in [0.29, 0.717) is 22.6 Å². The van der Waals surface area contributed by atoms with E-state index < -0.39 is 11.7 Å². The summed E-state index contributed by atoms with van der Waals surface area (Å²) in [7, 11) is 1.57. The van der Waals surface area contributed by atoms with Crippen molar-refractivity contribution in [2.45, 2.75) is 11.7 Å². The maximum Gasteiger partial charge on any atom is 0.153 e. The monoisotopic (exact) mass is 272 g/mol. The molecule has 0 spiro atoms. The summed E-state index contributed by atoms with van der Waals surface area (Å²) in [4.78, 5) is 0. The zero-order valence-corrected chi connectivity index (χ0v) is 11.1. The van der Waals surface area contributed by atoms with E-state index in [2.05, 4.69) is 0 Å². The summed E-state index contributed by atoms with van der Waals surface area (Å²) in [6.07, 6.45) is -1.04. The molecular weight excluding hydrogens is 256 g/mol. The van der Waals surface area contributed by atoms with E-state index in [4.69, 9.17) is 9.47 Å². The van der Waals surface area contributed by atoms with Crippen molar-refractivity contribution in [1.82, 2.24) is 0 Å². The van der Waals surface area contributed by atoms with Gasteiger partial charge in [-0.05, 0) is 17.7 Å². The fourth-order valence-electron chi connectivity index (χ4n) is 2.48. The molecule has 104 valence electrons. The Morgan fingerprint density at radius 2 is 1.95 bits per heavy atom. The van der Waals surface area contributed by atoms with Crippen molar-refractivity contribution < 1.29 is 19.7 Å². The molecule has 2 N–H and O–H groups in total. The SMILES string of the molecule is COc1ccc2c(c1)OC[C@@](O)(c1ccccc1)[C@@H]2O. The van der Waals surface area contributed by atoms with Gasteiger partial charge in [-0.3, -0.25) is 0 Å². The molecule has 0 radical (unpaired) electrons. The molecule has 1 aliphatic heterocycles. The second kappa shape index (κ2) is 4.81. The highest BCUT2D eigenvalue weighted by atomic mass is 16.5. The molecular formula is C16H16O4. The van der Waals surface area contributed by atoms with E-state index in [1.165, 1.54) is 0 Å². The lowest BCUT2D eigenvalue weighted by atomic mass is 9.83. The minimum atomic E-state index is -1.44. The first-order chi connectivity index (χ1) is 9.65. The van der Waals surface area contributed by atoms with Gasteiger partial charge in [0.15, 0.2) is 5.60 Å². The fourth-order valence-corrected chi connectivity index (χ4v) is 2.48. The number of methoxy groups -OCH3 is 1. The van der Waals surface area contributed by atoms with Gasteiger partial charge in [-0.2, -0.15) is 0 Å². The largest absolute Gasteiger partial charge is 0.497 e. The summed E-state index contributed by atoms with van der Waals surface area (Å²) in [5.41, 5.74) is -0.250. The zero-order chi connectivity index (χ0) is 14.2. The normalized spacial score (nSPS) is 24.6. The summed E-state index contributed by atoms with van der Waals surface area (Å²) in [5.74, 6) is 1.19. The van der Waals surface area contributed by atoms with E-state index in [0.717, 1.165) is 0 Å². The lowest BCUT2D eigenvalue weighted by Gasteiger charge is -2.38. The highest BCUT2D eigenvalue weighted by molar-refractivity contribution is 5.46. The molecule has 0 saturated heterocycles. The molecule has 0 unspecified atom stereocenters. The van der Waals surface area contributed by atoms with Crippen molar-refractivity contribution >= 4 is 0 Å². The summed E-state index contributed by atoms with van der Waals surface area (Å²) in [5, 5.41) is 21.3. The van der Waals surface area contributed by atoms with E-state index in [9.17, 15) is 10.2 Å². The Morgan fingerprint density at radius 1 is 1.20 bits per heavy atom. The molecule has 2 atom stereocenters. The first-order valence-corrected chi connectivity index (χ1v) is 6.42. The molecule has 3 rings (SSSR count). The summed E-state index contributed by atoms with van der Waals surface area (Å²) in [6, 6.07) is 14.2. The molecule has 4 heteroatoms. The maximum absolute atomic E-state index is 10.8. The highest BCUT2D eigenvalue weighted by Crippen LogP contribution is 2.44. The van der Waals surface area contributed by atoms with Crippen molar-refractivity contribution in [3.63, 3.8) is 0 Å². The van der Waals surface area contributed by atoms with Crippen molar-refractivity contribution in [2.24, 2.45) is 0 Å². The minimum absolute atomic E-state index is 0.00164. The van der Waals surface area contributed by atoms with E-state index in [-0.39, 0.29) is 6.61 Å². The summed E-state index contributed by atoms with van der Waals surface area (Å²) < 4.78 is 10.7. The van der Waals surface area contributed by atoms with Crippen LogP contribution in [0.4, 0.5) is 0 Å². The molecule has 0 amide bonds. The Morgan fingerprint density at radius 3 is 2.65 bits per heavy atom. The molecule has 20 heavy (non-hydrogen) atoms. The van der Waals surface area contributed by atoms with Crippen LogP contribution in [0.25, 0.3) is 0 Å². The number of aliphatic hydroxyl groups is 2. The van der Waals surface area contributed by atoms with Gasteiger partial charge in [-0.1, -0.05) is 30.3 Å². The number of fused-ring (bicyclic) bond motifs is 1. The smallest absolute Gasteiger partial charge is 0.153 e. The summed E-state index contributed by atoms with van der Waals surface area (Å²) in [6.45, 7) is -0.00164. The van der Waals surface area contributed by atoms with Crippen LogP contribution < -0.4 is 9.47 Å². The quantitative estimate of drug-likeness (QED) is 0.878. The predicted molar refractivity (Wildman–Crippen MR) is 73.8 cm³/mol. The molecule has 0 saturated carbocycles. The van der Waals surface area contributed by atoms with Crippen molar-refractivity contribution in [3.8, 4) is 11.5 Å². The molecule has 2 aromatic carbocycles. The Kier molecular flexibility index (Phi) is 3.12. The predicted octanol–water partition coefficient (Wildman–Crippen LogP) is 2.01. The number of rotatable bonds is 2. The van der Waals surface area contributed by atoms with Crippen molar-refractivity contribution in [1.29, 1.82) is 0 Å². The maximum atomic E-state index is 10.8. The van der Waals surface area contributed by atoms with Crippen LogP contribution in [0.2, 0.25) is 0 Å². The van der Waals surface area contributed by atoms with Crippen LogP contribution in [0.3, 0.4) is 0 Å². The topological polar surface area (TPSA) is 58.9 Å². The zero-order valence-electron chi connectivity index (χ0n) is 11.1. The van der Waals surface area contributed by atoms with E-state index in [1.54, 1.807) is 37.4 Å². The van der Waals surface area contributed by atoms with Crippen LogP contribution >= 0.6 is 0 Å². The number of hydrogen-bond acceptors (Lipinski definition) is 4. The fraction of sp³-hybridized carbons (Fsp3) is 0.250. The molecule has 1 aliphatic rings. The molecule has 4 nitrogen and oxygen atoms in total. The van der Waals surface area contributed by atoms with Crippen LogP contribution in [0.5, 0.6) is 11.5 Å². The van der Waals surface area contributed by atoms with Crippen LogP contribution in [0.1, 0.15) is 17.2 Å². The highest BCUT2D eigenvalue weighted by Gasteiger charge is 2.44. The lowest BCUT2D eigenvalue weighted by molar-refractivity contribution is -0.121. The third-order valence-corrected chi connectivity index (χ3v) is 3.69. The Labute approximate surface area is 117 Å². The Hall–Kier alpha value is -2.04. The molecule has 0 bridgehead atoms. The number of hydrogen-bond donors (Lipinski definition) is 2. The minimum Gasteiger partial charge on any atom is -0.497 e. The van der Waals surface area contributed by atoms with Gasteiger partial charge in [-0.25, -0.2) is 0 Å². The van der Waals surface area contributed by atoms with Gasteiger partial charge in [0.05, 0.1) is 7.11 Å². The lowest BCUT2D eigenvalue weighted by Crippen LogP contribution is -2.42. The Bertz CT molecular complexity index is 611. The van der Waals surface area contributed by atoms with Gasteiger partial charge in [0.2, 0.25) is 0 Å². The third kappa shape index (κ3) is 1.94. The average molecular weight is 272 g/mol. The van der Waals surface area contributed by atoms with Gasteiger partial charge in [0.1, 0.15) is 24.2 Å². The molecule has 0 fully saturated rings. The van der Waals surface area contributed by atoms with E-state index in [1.807, 2.05) is 18.2 Å². The summed E-state index contributed by atoms with van der Waals surface area (Å²) >= 11 is 0. The van der Waals surface area contributed by atoms with Crippen LogP contribution in [-0.2, 0) is 5.60 Å². The van der Waals surface area contributed by atoms with Crippen LogP contribution in [-0.4, -0.2) is 23.9 Å². The van der Waals surface area contributed by atoms with Gasteiger partial charge in [0.25, 0.3) is 0 Å². The second-order valence-corrected chi connectivity index (χ2v) is 4.89. The Balaban J connectivity index is 2.02. The van der Waals surface area contributed by atoms with E-state index >= 15 is 0 Å². The van der Waals surface area contributed by atoms with Gasteiger partial charge < -0.3 is 19.7 Å². The standard InChI is InChI=1S/C16H16O4/c1-19-12-7-8-13-14(9-12)20-10-16(18,15(13)17)11-5-3-2-4-6-11/h2-9,15,17-18H,10H2,1H3/t15-,16-/m1/s1. The second-order valence-electron chi connectivity index (χ2n) is 4.89. The van der Waals surface area contributed by atoms with Crippen LogP contribution in [0, 0.1) is 0 Å². The first kappa shape index (κ1) is 13.0. The number of ether oxygens (including phenoxy) is 2. The number of benzene rings is 2. The van der Waals surface area contributed by atoms with Crippen molar-refractivity contribution in [2.75, 3.05) is 13.7 Å².